The van der Waals surface area contributed by atoms with Crippen LogP contribution >= 0.6 is 11.6 Å². The van der Waals surface area contributed by atoms with Crippen LogP contribution in [-0.4, -0.2) is 37.5 Å². The van der Waals surface area contributed by atoms with Crippen LogP contribution in [0.1, 0.15) is 6.92 Å². The molecule has 1 aromatic rings. The number of hydrogen-bond acceptors (Lipinski definition) is 3. The third kappa shape index (κ3) is 2.55. The van der Waals surface area contributed by atoms with E-state index in [1.54, 1.807) is 19.1 Å². The molecule has 16 heavy (non-hydrogen) atoms. The van der Waals surface area contributed by atoms with Gasteiger partial charge in [0.15, 0.2) is 0 Å². The van der Waals surface area contributed by atoms with E-state index in [2.05, 4.69) is 0 Å². The zero-order valence-electron chi connectivity index (χ0n) is 9.09. The molecule has 0 bridgehead atoms. The molecule has 0 heterocycles. The van der Waals surface area contributed by atoms with Crippen molar-refractivity contribution in [1.29, 1.82) is 0 Å². The van der Waals surface area contributed by atoms with Crippen LogP contribution in [0.2, 0.25) is 5.02 Å². The fourth-order valence-electron chi connectivity index (χ4n) is 1.16. The topological polar surface area (TPSA) is 57.6 Å². The van der Waals surface area contributed by atoms with Gasteiger partial charge in [-0.1, -0.05) is 23.7 Å². The number of aliphatic hydroxyl groups is 1. The van der Waals surface area contributed by atoms with Crippen LogP contribution in [0.4, 0.5) is 0 Å². The predicted molar refractivity (Wildman–Crippen MR) is 62.9 cm³/mol. The Bertz CT molecular complexity index is 461. The van der Waals surface area contributed by atoms with Gasteiger partial charge in [0.1, 0.15) is 4.90 Å². The number of halogens is 1. The molecule has 0 fully saturated rings. The van der Waals surface area contributed by atoms with Crippen molar-refractivity contribution in [3.63, 3.8) is 0 Å². The van der Waals surface area contributed by atoms with Crippen molar-refractivity contribution in [1.82, 2.24) is 4.31 Å². The number of likely N-dealkylation sites (N-methyl/N-ethyl adjacent to an activating group) is 1. The van der Waals surface area contributed by atoms with E-state index in [-0.39, 0.29) is 16.5 Å². The van der Waals surface area contributed by atoms with E-state index in [9.17, 15) is 8.42 Å². The van der Waals surface area contributed by atoms with Crippen LogP contribution in [0.5, 0.6) is 0 Å². The Hall–Kier alpha value is -0.620. The molecule has 1 aromatic carbocycles. The second-order valence-corrected chi connectivity index (χ2v) is 5.86. The zero-order valence-corrected chi connectivity index (χ0v) is 10.7. The molecule has 0 aliphatic rings. The molecule has 1 N–H and O–H groups in total. The summed E-state index contributed by atoms with van der Waals surface area (Å²) in [5.74, 6) is 0. The lowest BCUT2D eigenvalue weighted by Gasteiger charge is -2.22. The highest BCUT2D eigenvalue weighted by molar-refractivity contribution is 7.89. The van der Waals surface area contributed by atoms with Gasteiger partial charge in [-0.25, -0.2) is 8.42 Å². The van der Waals surface area contributed by atoms with Crippen LogP contribution in [0.3, 0.4) is 0 Å². The summed E-state index contributed by atoms with van der Waals surface area (Å²) in [5.41, 5.74) is 0. The first-order valence-corrected chi connectivity index (χ1v) is 6.56. The maximum Gasteiger partial charge on any atom is 0.244 e. The largest absolute Gasteiger partial charge is 0.395 e. The lowest BCUT2D eigenvalue weighted by Crippen LogP contribution is -2.37. The zero-order chi connectivity index (χ0) is 12.3. The van der Waals surface area contributed by atoms with Crippen molar-refractivity contribution in [3.05, 3.63) is 29.3 Å². The minimum absolute atomic E-state index is 0.0551. The third-order valence-corrected chi connectivity index (χ3v) is 4.85. The van der Waals surface area contributed by atoms with Gasteiger partial charge in [0, 0.05) is 13.1 Å². The summed E-state index contributed by atoms with van der Waals surface area (Å²) in [7, 11) is -2.22. The van der Waals surface area contributed by atoms with Crippen LogP contribution in [-0.2, 0) is 10.0 Å². The molecule has 90 valence electrons. The minimum Gasteiger partial charge on any atom is -0.395 e. The van der Waals surface area contributed by atoms with E-state index in [4.69, 9.17) is 16.7 Å². The number of hydrogen-bond donors (Lipinski definition) is 1. The molecule has 1 atom stereocenters. The molecule has 6 heteroatoms. The van der Waals surface area contributed by atoms with E-state index < -0.39 is 16.1 Å². The summed E-state index contributed by atoms with van der Waals surface area (Å²) in [5, 5.41) is 9.13. The molecule has 0 aliphatic carbocycles. The minimum atomic E-state index is -3.64. The summed E-state index contributed by atoms with van der Waals surface area (Å²) in [4.78, 5) is 0.0551. The Morgan fingerprint density at radius 3 is 2.50 bits per heavy atom. The smallest absolute Gasteiger partial charge is 0.244 e. The number of sulfonamides is 1. The molecule has 0 radical (unpaired) electrons. The summed E-state index contributed by atoms with van der Waals surface area (Å²) in [6.45, 7) is 1.38. The lowest BCUT2D eigenvalue weighted by molar-refractivity contribution is 0.214. The lowest BCUT2D eigenvalue weighted by atomic mass is 10.4. The molecule has 1 unspecified atom stereocenters. The van der Waals surface area contributed by atoms with Crippen LogP contribution in [0, 0.1) is 0 Å². The molecule has 0 aromatic heterocycles. The molecule has 1 rings (SSSR count). The number of benzene rings is 1. The van der Waals surface area contributed by atoms with Gasteiger partial charge in [-0.05, 0) is 19.1 Å². The van der Waals surface area contributed by atoms with E-state index in [1.807, 2.05) is 0 Å². The van der Waals surface area contributed by atoms with Crippen LogP contribution < -0.4 is 0 Å². The number of nitrogens with zero attached hydrogens (tertiary/aromatic N) is 1. The molecule has 0 saturated carbocycles. The van der Waals surface area contributed by atoms with Gasteiger partial charge in [0.05, 0.1) is 11.6 Å². The summed E-state index contributed by atoms with van der Waals surface area (Å²) >= 11 is 5.83. The van der Waals surface area contributed by atoms with Gasteiger partial charge in [-0.3, -0.25) is 0 Å². The van der Waals surface area contributed by atoms with Crippen molar-refractivity contribution < 1.29 is 13.5 Å². The van der Waals surface area contributed by atoms with Gasteiger partial charge in [0.2, 0.25) is 10.0 Å². The highest BCUT2D eigenvalue weighted by Crippen LogP contribution is 2.24. The Morgan fingerprint density at radius 2 is 2.00 bits per heavy atom. The first kappa shape index (κ1) is 13.4. The Kier molecular flexibility index (Phi) is 4.32. The summed E-state index contributed by atoms with van der Waals surface area (Å²) in [6, 6.07) is 5.75. The van der Waals surface area contributed by atoms with Gasteiger partial charge < -0.3 is 5.11 Å². The fraction of sp³-hybridized carbons (Fsp3) is 0.400. The highest BCUT2D eigenvalue weighted by atomic mass is 35.5. The van der Waals surface area contributed by atoms with E-state index in [0.29, 0.717) is 0 Å². The molecule has 0 saturated heterocycles. The average Bonchev–Trinajstić information content (AvgIpc) is 2.27. The third-order valence-electron chi connectivity index (χ3n) is 2.38. The van der Waals surface area contributed by atoms with Crippen molar-refractivity contribution in [2.24, 2.45) is 0 Å². The van der Waals surface area contributed by atoms with Crippen molar-refractivity contribution >= 4 is 21.6 Å². The Morgan fingerprint density at radius 1 is 1.44 bits per heavy atom. The van der Waals surface area contributed by atoms with Gasteiger partial charge in [-0.15, -0.1) is 0 Å². The maximum absolute atomic E-state index is 12.1. The second-order valence-electron chi connectivity index (χ2n) is 3.48. The van der Waals surface area contributed by atoms with Crippen molar-refractivity contribution in [2.45, 2.75) is 17.9 Å². The maximum atomic E-state index is 12.1. The van der Waals surface area contributed by atoms with Gasteiger partial charge in [0.25, 0.3) is 0 Å². The second kappa shape index (κ2) is 5.14. The molecular weight excluding hydrogens is 250 g/mol. The number of aliphatic hydroxyl groups excluding tert-OH is 1. The Balaban J connectivity index is 3.17. The molecule has 0 amide bonds. The average molecular weight is 264 g/mol. The summed E-state index contributed by atoms with van der Waals surface area (Å²) in [6.07, 6.45) is 0. The van der Waals surface area contributed by atoms with E-state index >= 15 is 0 Å². The Labute approximate surface area is 101 Å². The van der Waals surface area contributed by atoms with E-state index in [1.165, 1.54) is 19.2 Å². The standard InChI is InChI=1S/C10H14ClNO3S/c1-8(7-13)12(2)16(14,15)10-6-4-3-5-9(10)11/h3-6,8,13H,7H2,1-2H3. The monoisotopic (exact) mass is 263 g/mol. The van der Waals surface area contributed by atoms with Crippen LogP contribution in [0.15, 0.2) is 29.2 Å². The first-order chi connectivity index (χ1) is 7.41. The highest BCUT2D eigenvalue weighted by Gasteiger charge is 2.26. The number of rotatable bonds is 4. The van der Waals surface area contributed by atoms with Crippen molar-refractivity contribution in [3.8, 4) is 0 Å². The SMILES string of the molecule is CC(CO)N(C)S(=O)(=O)c1ccccc1Cl. The molecule has 0 aliphatic heterocycles. The normalized spacial score (nSPS) is 14.1. The van der Waals surface area contributed by atoms with E-state index in [0.717, 1.165) is 4.31 Å². The predicted octanol–water partition coefficient (Wildman–Crippen LogP) is 1.34. The fourth-order valence-corrected chi connectivity index (χ4v) is 3.00. The summed E-state index contributed by atoms with van der Waals surface area (Å²) < 4.78 is 25.3. The van der Waals surface area contributed by atoms with Gasteiger partial charge >= 0.3 is 0 Å². The van der Waals surface area contributed by atoms with Crippen LogP contribution in [0.25, 0.3) is 0 Å². The molecular formula is C10H14ClNO3S. The van der Waals surface area contributed by atoms with Crippen molar-refractivity contribution in [2.75, 3.05) is 13.7 Å². The molecule has 4 nitrogen and oxygen atoms in total. The first-order valence-electron chi connectivity index (χ1n) is 4.74. The quantitative estimate of drug-likeness (QED) is 0.892. The molecule has 0 spiro atoms. The van der Waals surface area contributed by atoms with Gasteiger partial charge in [-0.2, -0.15) is 4.31 Å².